The Labute approximate surface area is 53.4 Å². The van der Waals surface area contributed by atoms with Gasteiger partial charge in [-0.15, -0.1) is 0 Å². The van der Waals surface area contributed by atoms with E-state index in [2.05, 4.69) is 16.9 Å². The minimum Gasteiger partial charge on any atom is -0.336 e. The van der Waals surface area contributed by atoms with Gasteiger partial charge in [-0.3, -0.25) is 0 Å². The minimum atomic E-state index is 0.521. The van der Waals surface area contributed by atoms with Gasteiger partial charge < -0.3 is 4.52 Å². The van der Waals surface area contributed by atoms with E-state index in [-0.39, 0.29) is 0 Å². The Morgan fingerprint density at radius 1 is 1.56 bits per heavy atom. The molecule has 0 amide bonds. The third-order valence-corrected chi connectivity index (χ3v) is 1.28. The Kier molecular flexibility index (Phi) is 1.34. The van der Waals surface area contributed by atoms with Crippen molar-refractivity contribution in [2.24, 2.45) is 4.99 Å². The minimum absolute atomic E-state index is 0.521. The summed E-state index contributed by atoms with van der Waals surface area (Å²) in [5, 5.41) is 3.68. The first-order valence-electron chi connectivity index (χ1n) is 2.65. The van der Waals surface area contributed by atoms with E-state index in [9.17, 15) is 0 Å². The van der Waals surface area contributed by atoms with Gasteiger partial charge in [0, 0.05) is 5.56 Å². The lowest BCUT2D eigenvalue weighted by Gasteiger charge is -1.81. The predicted octanol–water partition coefficient (Wildman–Crippen LogP) is 1.62. The van der Waals surface area contributed by atoms with Gasteiger partial charge in [0.2, 0.25) is 0 Å². The van der Waals surface area contributed by atoms with Crippen LogP contribution in [0.5, 0.6) is 0 Å². The van der Waals surface area contributed by atoms with Crippen molar-refractivity contribution in [3.8, 4) is 0 Å². The van der Waals surface area contributed by atoms with Gasteiger partial charge in [0.05, 0.1) is 5.69 Å². The Balaban J connectivity index is 3.18. The molecule has 0 aliphatic heterocycles. The third kappa shape index (κ3) is 0.850. The Hall–Kier alpha value is -1.12. The number of hydrogen-bond donors (Lipinski definition) is 0. The number of rotatable bonds is 1. The fraction of sp³-hybridized carbons (Fsp3) is 0.333. The van der Waals surface area contributed by atoms with Crippen molar-refractivity contribution in [2.45, 2.75) is 13.8 Å². The fourth-order valence-electron chi connectivity index (χ4n) is 0.551. The number of aromatic nitrogens is 1. The Morgan fingerprint density at radius 3 is 2.44 bits per heavy atom. The fourth-order valence-corrected chi connectivity index (χ4v) is 0.551. The van der Waals surface area contributed by atoms with Crippen molar-refractivity contribution < 1.29 is 4.52 Å². The first kappa shape index (κ1) is 6.01. The third-order valence-electron chi connectivity index (χ3n) is 1.28. The van der Waals surface area contributed by atoms with Crippen molar-refractivity contribution in [1.29, 1.82) is 0 Å². The molecule has 0 atom stereocenters. The molecule has 1 rings (SSSR count). The molecular formula is C6H8N2O. The lowest BCUT2D eigenvalue weighted by Crippen LogP contribution is -1.70. The summed E-state index contributed by atoms with van der Waals surface area (Å²) >= 11 is 0. The highest BCUT2D eigenvalue weighted by Gasteiger charge is 2.03. The van der Waals surface area contributed by atoms with E-state index in [0.29, 0.717) is 5.88 Å². The zero-order chi connectivity index (χ0) is 6.85. The summed E-state index contributed by atoms with van der Waals surface area (Å²) in [6, 6.07) is 0. The molecule has 0 saturated carbocycles. The lowest BCUT2D eigenvalue weighted by atomic mass is 10.3. The molecule has 0 radical (unpaired) electrons. The highest BCUT2D eigenvalue weighted by atomic mass is 16.5. The summed E-state index contributed by atoms with van der Waals surface area (Å²) in [7, 11) is 0. The van der Waals surface area contributed by atoms with Gasteiger partial charge >= 0.3 is 0 Å². The quantitative estimate of drug-likeness (QED) is 0.533. The molecule has 1 aromatic rings. The van der Waals surface area contributed by atoms with Crippen LogP contribution in [0.1, 0.15) is 11.3 Å². The molecule has 0 aliphatic carbocycles. The lowest BCUT2D eigenvalue weighted by molar-refractivity contribution is 0.425. The van der Waals surface area contributed by atoms with Gasteiger partial charge in [-0.2, -0.15) is 0 Å². The van der Waals surface area contributed by atoms with E-state index in [1.165, 1.54) is 0 Å². The smallest absolute Gasteiger partial charge is 0.252 e. The van der Waals surface area contributed by atoms with Crippen LogP contribution in [0.15, 0.2) is 9.52 Å². The van der Waals surface area contributed by atoms with Gasteiger partial charge in [0.15, 0.2) is 0 Å². The second kappa shape index (κ2) is 2.01. The van der Waals surface area contributed by atoms with Gasteiger partial charge in [-0.1, -0.05) is 5.16 Å². The molecule has 0 bridgehead atoms. The van der Waals surface area contributed by atoms with E-state index >= 15 is 0 Å². The van der Waals surface area contributed by atoms with Crippen molar-refractivity contribution >= 4 is 12.6 Å². The Morgan fingerprint density at radius 2 is 2.22 bits per heavy atom. The molecule has 0 spiro atoms. The molecule has 3 nitrogen and oxygen atoms in total. The van der Waals surface area contributed by atoms with Crippen LogP contribution in [-0.2, 0) is 0 Å². The molecule has 1 heterocycles. The summed E-state index contributed by atoms with van der Waals surface area (Å²) in [5.41, 5.74) is 1.84. The van der Waals surface area contributed by atoms with Crippen molar-refractivity contribution in [2.75, 3.05) is 0 Å². The average molecular weight is 124 g/mol. The van der Waals surface area contributed by atoms with E-state index in [1.54, 1.807) is 0 Å². The molecule has 0 aliphatic rings. The summed E-state index contributed by atoms with van der Waals surface area (Å²) in [4.78, 5) is 3.61. The zero-order valence-corrected chi connectivity index (χ0v) is 5.51. The maximum absolute atomic E-state index is 4.77. The number of aliphatic imine (C=N–C) groups is 1. The van der Waals surface area contributed by atoms with Crippen LogP contribution < -0.4 is 0 Å². The molecule has 0 fully saturated rings. The molecule has 9 heavy (non-hydrogen) atoms. The first-order valence-corrected chi connectivity index (χ1v) is 2.65. The van der Waals surface area contributed by atoms with Gasteiger partial charge in [0.1, 0.15) is 0 Å². The van der Waals surface area contributed by atoms with Gasteiger partial charge in [0.25, 0.3) is 5.88 Å². The highest BCUT2D eigenvalue weighted by Crippen LogP contribution is 2.19. The largest absolute Gasteiger partial charge is 0.336 e. The van der Waals surface area contributed by atoms with Crippen molar-refractivity contribution in [3.63, 3.8) is 0 Å². The number of aryl methyl sites for hydroxylation is 1. The van der Waals surface area contributed by atoms with E-state index in [0.717, 1.165) is 11.3 Å². The topological polar surface area (TPSA) is 38.4 Å². The summed E-state index contributed by atoms with van der Waals surface area (Å²) < 4.78 is 4.77. The van der Waals surface area contributed by atoms with Crippen molar-refractivity contribution in [3.05, 3.63) is 11.3 Å². The van der Waals surface area contributed by atoms with Crippen LogP contribution in [-0.4, -0.2) is 11.9 Å². The van der Waals surface area contributed by atoms with Crippen LogP contribution in [0, 0.1) is 13.8 Å². The van der Waals surface area contributed by atoms with E-state index < -0.39 is 0 Å². The SMILES string of the molecule is C=Nc1onc(C)c1C. The number of nitrogens with zero attached hydrogens (tertiary/aromatic N) is 2. The van der Waals surface area contributed by atoms with Gasteiger partial charge in [-0.05, 0) is 20.6 Å². The predicted molar refractivity (Wildman–Crippen MR) is 35.2 cm³/mol. The normalized spacial score (nSPS) is 9.56. The average Bonchev–Trinajstić information content (AvgIpc) is 2.15. The maximum atomic E-state index is 4.77. The molecule has 0 N–H and O–H groups in total. The molecule has 1 aromatic heterocycles. The van der Waals surface area contributed by atoms with Crippen LogP contribution in [0.2, 0.25) is 0 Å². The van der Waals surface area contributed by atoms with E-state index in [1.807, 2.05) is 13.8 Å². The summed E-state index contributed by atoms with van der Waals surface area (Å²) in [6.07, 6.45) is 0. The summed E-state index contributed by atoms with van der Waals surface area (Å²) in [5.74, 6) is 0.521. The first-order chi connectivity index (χ1) is 4.25. The second-order valence-corrected chi connectivity index (χ2v) is 1.86. The zero-order valence-electron chi connectivity index (χ0n) is 5.51. The van der Waals surface area contributed by atoms with Crippen LogP contribution >= 0.6 is 0 Å². The van der Waals surface area contributed by atoms with Crippen LogP contribution in [0.3, 0.4) is 0 Å². The monoisotopic (exact) mass is 124 g/mol. The Bertz CT molecular complexity index is 227. The maximum Gasteiger partial charge on any atom is 0.252 e. The van der Waals surface area contributed by atoms with Gasteiger partial charge in [-0.25, -0.2) is 4.99 Å². The molecule has 48 valence electrons. The molecule has 0 unspecified atom stereocenters. The molecule has 0 aromatic carbocycles. The second-order valence-electron chi connectivity index (χ2n) is 1.86. The van der Waals surface area contributed by atoms with Crippen LogP contribution in [0.25, 0.3) is 0 Å². The molecule has 0 saturated heterocycles. The van der Waals surface area contributed by atoms with E-state index in [4.69, 9.17) is 4.52 Å². The standard InChI is InChI=1S/C6H8N2O/c1-4-5(2)8-9-6(4)7-3/h3H2,1-2H3. The summed E-state index contributed by atoms with van der Waals surface area (Å²) in [6.45, 7) is 7.09. The van der Waals surface area contributed by atoms with Crippen LogP contribution in [0.4, 0.5) is 5.88 Å². The molecule has 3 heteroatoms. The van der Waals surface area contributed by atoms with Crippen molar-refractivity contribution in [1.82, 2.24) is 5.16 Å². The molecular weight excluding hydrogens is 116 g/mol. The highest BCUT2D eigenvalue weighted by molar-refractivity contribution is 5.43. The number of hydrogen-bond acceptors (Lipinski definition) is 3.